The molecule has 4 rings (SSSR count). The van der Waals surface area contributed by atoms with Crippen LogP contribution in [0.1, 0.15) is 48.0 Å². The minimum Gasteiger partial charge on any atom is -0.338 e. The quantitative estimate of drug-likeness (QED) is 0.813. The average molecular weight is 362 g/mol. The van der Waals surface area contributed by atoms with Gasteiger partial charge in [-0.1, -0.05) is 19.3 Å². The summed E-state index contributed by atoms with van der Waals surface area (Å²) in [4.78, 5) is 15.0. The maximum Gasteiger partial charge on any atom is 0.253 e. The highest BCUT2D eigenvalue weighted by molar-refractivity contribution is 7.92. The lowest BCUT2D eigenvalue weighted by atomic mass is 9.75. The van der Waals surface area contributed by atoms with Crippen LogP contribution in [0.5, 0.6) is 0 Å². The van der Waals surface area contributed by atoms with Crippen LogP contribution in [0.3, 0.4) is 0 Å². The summed E-state index contributed by atoms with van der Waals surface area (Å²) in [5.41, 5.74) is 2.39. The molecule has 2 atom stereocenters. The molecule has 1 aliphatic carbocycles. The van der Waals surface area contributed by atoms with Crippen LogP contribution in [0.2, 0.25) is 0 Å². The maximum absolute atomic E-state index is 12.9. The number of amides is 1. The third-order valence-electron chi connectivity index (χ3n) is 6.16. The molecule has 6 heteroatoms. The standard InChI is InChI=1S/C19H26N2O3S/c1-25(23,24)21-11-9-15-12-16(6-7-18(15)21)19(22)20-10-8-14-4-2-3-5-17(14)13-20/h6-7,12,14,17H,2-5,8-11,13H2,1H3/t14-,17-/m1/s1. The van der Waals surface area contributed by atoms with Crippen LogP contribution in [-0.4, -0.2) is 45.1 Å². The van der Waals surface area contributed by atoms with E-state index in [9.17, 15) is 13.2 Å². The molecule has 2 heterocycles. The van der Waals surface area contributed by atoms with Crippen molar-refractivity contribution in [3.05, 3.63) is 29.3 Å². The summed E-state index contributed by atoms with van der Waals surface area (Å²) in [6, 6.07) is 5.48. The zero-order chi connectivity index (χ0) is 17.6. The van der Waals surface area contributed by atoms with Crippen LogP contribution in [0, 0.1) is 11.8 Å². The molecule has 1 aromatic rings. The fourth-order valence-corrected chi connectivity index (χ4v) is 5.78. The number of likely N-dealkylation sites (tertiary alicyclic amines) is 1. The molecule has 2 fully saturated rings. The molecule has 0 bridgehead atoms. The van der Waals surface area contributed by atoms with E-state index in [1.165, 1.54) is 36.2 Å². The number of anilines is 1. The van der Waals surface area contributed by atoms with Gasteiger partial charge in [-0.05, 0) is 54.9 Å². The Labute approximate surface area is 150 Å². The predicted molar refractivity (Wildman–Crippen MR) is 98.3 cm³/mol. The molecular formula is C19H26N2O3S. The van der Waals surface area contributed by atoms with E-state index in [2.05, 4.69) is 0 Å². The first kappa shape index (κ1) is 16.9. The van der Waals surface area contributed by atoms with Gasteiger partial charge < -0.3 is 4.90 Å². The van der Waals surface area contributed by atoms with Crippen molar-refractivity contribution >= 4 is 21.6 Å². The minimum atomic E-state index is -3.24. The van der Waals surface area contributed by atoms with Gasteiger partial charge in [-0.15, -0.1) is 0 Å². The topological polar surface area (TPSA) is 57.7 Å². The average Bonchev–Trinajstić information content (AvgIpc) is 3.04. The lowest BCUT2D eigenvalue weighted by Crippen LogP contribution is -2.44. The molecule has 0 radical (unpaired) electrons. The number of rotatable bonds is 2. The van der Waals surface area contributed by atoms with Gasteiger partial charge in [-0.3, -0.25) is 9.10 Å². The Morgan fingerprint density at radius 3 is 2.60 bits per heavy atom. The van der Waals surface area contributed by atoms with Gasteiger partial charge in [-0.2, -0.15) is 0 Å². The van der Waals surface area contributed by atoms with Crippen molar-refractivity contribution in [2.24, 2.45) is 11.8 Å². The summed E-state index contributed by atoms with van der Waals surface area (Å²) in [7, 11) is -3.24. The first-order valence-corrected chi connectivity index (χ1v) is 11.2. The van der Waals surface area contributed by atoms with E-state index in [0.717, 1.165) is 36.7 Å². The first-order valence-electron chi connectivity index (χ1n) is 9.33. The summed E-state index contributed by atoms with van der Waals surface area (Å²) in [5.74, 6) is 1.58. The Bertz CT molecular complexity index is 790. The van der Waals surface area contributed by atoms with E-state index in [1.807, 2.05) is 11.0 Å². The largest absolute Gasteiger partial charge is 0.338 e. The van der Waals surface area contributed by atoms with Crippen molar-refractivity contribution < 1.29 is 13.2 Å². The molecule has 0 aromatic heterocycles. The van der Waals surface area contributed by atoms with Gasteiger partial charge in [0.25, 0.3) is 5.91 Å². The van der Waals surface area contributed by atoms with Crippen LogP contribution in [0.25, 0.3) is 0 Å². The van der Waals surface area contributed by atoms with Crippen molar-refractivity contribution in [3.8, 4) is 0 Å². The Kier molecular flexibility index (Phi) is 4.26. The van der Waals surface area contributed by atoms with Crippen LogP contribution >= 0.6 is 0 Å². The molecule has 1 amide bonds. The lowest BCUT2D eigenvalue weighted by Gasteiger charge is -2.41. The summed E-state index contributed by atoms with van der Waals surface area (Å²) < 4.78 is 25.1. The molecule has 0 spiro atoms. The number of nitrogens with zero attached hydrogens (tertiary/aromatic N) is 2. The lowest BCUT2D eigenvalue weighted by molar-refractivity contribution is 0.0521. The van der Waals surface area contributed by atoms with E-state index in [4.69, 9.17) is 0 Å². The fraction of sp³-hybridized carbons (Fsp3) is 0.632. The second-order valence-corrected chi connectivity index (χ2v) is 9.68. The van der Waals surface area contributed by atoms with Crippen LogP contribution in [0.15, 0.2) is 18.2 Å². The Hall–Kier alpha value is -1.56. The summed E-state index contributed by atoms with van der Waals surface area (Å²) >= 11 is 0. The number of piperidine rings is 1. The number of benzene rings is 1. The van der Waals surface area contributed by atoms with Crippen molar-refractivity contribution in [1.29, 1.82) is 0 Å². The van der Waals surface area contributed by atoms with E-state index in [-0.39, 0.29) is 5.91 Å². The van der Waals surface area contributed by atoms with E-state index in [1.54, 1.807) is 12.1 Å². The monoisotopic (exact) mass is 362 g/mol. The van der Waals surface area contributed by atoms with Crippen molar-refractivity contribution in [2.75, 3.05) is 30.2 Å². The molecule has 136 valence electrons. The highest BCUT2D eigenvalue weighted by atomic mass is 32.2. The number of sulfonamides is 1. The Balaban J connectivity index is 1.52. The second-order valence-electron chi connectivity index (χ2n) is 7.77. The van der Waals surface area contributed by atoms with Gasteiger partial charge >= 0.3 is 0 Å². The first-order chi connectivity index (χ1) is 11.9. The third-order valence-corrected chi connectivity index (χ3v) is 7.34. The number of carbonyl (C=O) groups excluding carboxylic acids is 1. The van der Waals surface area contributed by atoms with Gasteiger partial charge in [-0.25, -0.2) is 8.42 Å². The number of fused-ring (bicyclic) bond motifs is 2. The second kappa shape index (κ2) is 6.31. The highest BCUT2D eigenvalue weighted by Gasteiger charge is 2.34. The molecule has 25 heavy (non-hydrogen) atoms. The third kappa shape index (κ3) is 3.16. The van der Waals surface area contributed by atoms with Crippen LogP contribution < -0.4 is 4.31 Å². The maximum atomic E-state index is 12.9. The van der Waals surface area contributed by atoms with Crippen molar-refractivity contribution in [1.82, 2.24) is 4.90 Å². The minimum absolute atomic E-state index is 0.102. The number of hydrogen-bond donors (Lipinski definition) is 0. The van der Waals surface area contributed by atoms with Gasteiger partial charge in [0.05, 0.1) is 11.9 Å². The highest BCUT2D eigenvalue weighted by Crippen LogP contribution is 2.37. The molecule has 1 saturated carbocycles. The zero-order valence-corrected chi connectivity index (χ0v) is 15.6. The normalized spacial score (nSPS) is 26.3. The summed E-state index contributed by atoms with van der Waals surface area (Å²) in [6.45, 7) is 2.21. The van der Waals surface area contributed by atoms with E-state index in [0.29, 0.717) is 24.4 Å². The smallest absolute Gasteiger partial charge is 0.253 e. The Morgan fingerprint density at radius 2 is 1.84 bits per heavy atom. The SMILES string of the molecule is CS(=O)(=O)N1CCc2cc(C(=O)N3CC[C@H]4CCCC[C@@H]4C3)ccc21. The molecule has 1 aromatic carbocycles. The van der Waals surface area contributed by atoms with Crippen LogP contribution in [-0.2, 0) is 16.4 Å². The van der Waals surface area contributed by atoms with E-state index >= 15 is 0 Å². The van der Waals surface area contributed by atoms with Gasteiger partial charge in [0.2, 0.25) is 10.0 Å². The zero-order valence-electron chi connectivity index (χ0n) is 14.8. The molecule has 0 N–H and O–H groups in total. The Morgan fingerprint density at radius 1 is 1.08 bits per heavy atom. The van der Waals surface area contributed by atoms with Gasteiger partial charge in [0.1, 0.15) is 0 Å². The molecule has 1 saturated heterocycles. The van der Waals surface area contributed by atoms with E-state index < -0.39 is 10.0 Å². The summed E-state index contributed by atoms with van der Waals surface area (Å²) in [6.07, 6.45) is 8.25. The van der Waals surface area contributed by atoms with Gasteiger partial charge in [0.15, 0.2) is 0 Å². The number of carbonyl (C=O) groups is 1. The van der Waals surface area contributed by atoms with Crippen LogP contribution in [0.4, 0.5) is 5.69 Å². The molecular weight excluding hydrogens is 336 g/mol. The molecule has 2 aliphatic heterocycles. The van der Waals surface area contributed by atoms with Crippen molar-refractivity contribution in [3.63, 3.8) is 0 Å². The summed E-state index contributed by atoms with van der Waals surface area (Å²) in [5, 5.41) is 0. The van der Waals surface area contributed by atoms with Gasteiger partial charge in [0, 0.05) is 25.2 Å². The number of hydrogen-bond acceptors (Lipinski definition) is 3. The molecule has 5 nitrogen and oxygen atoms in total. The molecule has 0 unspecified atom stereocenters. The predicted octanol–water partition coefficient (Wildman–Crippen LogP) is 2.66. The fourth-order valence-electron chi connectivity index (χ4n) is 4.82. The van der Waals surface area contributed by atoms with Crippen molar-refractivity contribution in [2.45, 2.75) is 38.5 Å². The molecule has 3 aliphatic rings.